The van der Waals surface area contributed by atoms with Gasteiger partial charge in [0.15, 0.2) is 0 Å². The minimum Gasteiger partial charge on any atom is -0.380 e. The Kier molecular flexibility index (Phi) is 4.05. The Balaban J connectivity index is 2.13. The number of nitrogens with one attached hydrogen (secondary N) is 1. The third-order valence-electron chi connectivity index (χ3n) is 3.06. The fourth-order valence-electron chi connectivity index (χ4n) is 1.80. The molecular weight excluding hydrogens is 321 g/mol. The number of rotatable bonds is 3. The summed E-state index contributed by atoms with van der Waals surface area (Å²) in [6.07, 6.45) is 0. The molecule has 0 aromatic heterocycles. The maximum Gasteiger partial charge on any atom is 0.0478 e. The first-order valence-corrected chi connectivity index (χ1v) is 6.80. The first-order valence-electron chi connectivity index (χ1n) is 5.72. The van der Waals surface area contributed by atoms with Crippen LogP contribution < -0.4 is 5.32 Å². The van der Waals surface area contributed by atoms with E-state index in [1.54, 1.807) is 0 Å². The Morgan fingerprint density at radius 1 is 1.00 bits per heavy atom. The minimum atomic E-state index is 0.882. The van der Waals surface area contributed by atoms with E-state index in [9.17, 15) is 0 Å². The Morgan fingerprint density at radius 3 is 2.53 bits per heavy atom. The average molecular weight is 337 g/mol. The lowest BCUT2D eigenvalue weighted by molar-refractivity contribution is 1.10. The lowest BCUT2D eigenvalue weighted by atomic mass is 10.0. The molecule has 88 valence electrons. The molecule has 2 aromatic rings. The SMILES string of the molecule is Cc1cccc(CNc2ccccc2I)c1C. The topological polar surface area (TPSA) is 12.0 Å². The standard InChI is InChI=1S/C15H16IN/c1-11-6-5-7-13(12(11)2)10-17-15-9-4-3-8-14(15)16/h3-9,17H,10H2,1-2H3. The second-order valence-electron chi connectivity index (χ2n) is 4.19. The number of benzene rings is 2. The van der Waals surface area contributed by atoms with Gasteiger partial charge in [-0.25, -0.2) is 0 Å². The summed E-state index contributed by atoms with van der Waals surface area (Å²) >= 11 is 2.36. The molecule has 0 unspecified atom stereocenters. The molecule has 2 aromatic carbocycles. The third-order valence-corrected chi connectivity index (χ3v) is 4.00. The molecule has 0 saturated carbocycles. The van der Waals surface area contributed by atoms with Gasteiger partial charge in [0.2, 0.25) is 0 Å². The maximum absolute atomic E-state index is 3.49. The molecule has 1 nitrogen and oxygen atoms in total. The largest absolute Gasteiger partial charge is 0.380 e. The Labute approximate surface area is 116 Å². The molecule has 0 fully saturated rings. The fraction of sp³-hybridized carbons (Fsp3) is 0.200. The zero-order valence-corrected chi connectivity index (χ0v) is 12.3. The van der Waals surface area contributed by atoms with Gasteiger partial charge in [-0.3, -0.25) is 0 Å². The highest BCUT2D eigenvalue weighted by Gasteiger charge is 2.02. The van der Waals surface area contributed by atoms with Crippen molar-refractivity contribution in [3.8, 4) is 0 Å². The molecular formula is C15H16IN. The number of hydrogen-bond acceptors (Lipinski definition) is 1. The number of hydrogen-bond donors (Lipinski definition) is 1. The molecule has 0 saturated heterocycles. The van der Waals surface area contributed by atoms with Crippen LogP contribution >= 0.6 is 22.6 Å². The smallest absolute Gasteiger partial charge is 0.0478 e. The summed E-state index contributed by atoms with van der Waals surface area (Å²) in [5.74, 6) is 0. The van der Waals surface area contributed by atoms with E-state index < -0.39 is 0 Å². The molecule has 2 heteroatoms. The molecule has 17 heavy (non-hydrogen) atoms. The van der Waals surface area contributed by atoms with Crippen LogP contribution in [0.15, 0.2) is 42.5 Å². The van der Waals surface area contributed by atoms with Gasteiger partial charge in [0.25, 0.3) is 0 Å². The van der Waals surface area contributed by atoms with Gasteiger partial charge in [0, 0.05) is 15.8 Å². The quantitative estimate of drug-likeness (QED) is 0.812. The number of halogens is 1. The van der Waals surface area contributed by atoms with Crippen molar-refractivity contribution in [2.75, 3.05) is 5.32 Å². The van der Waals surface area contributed by atoms with Crippen molar-refractivity contribution in [3.63, 3.8) is 0 Å². The predicted octanol–water partition coefficient (Wildman–Crippen LogP) is 4.52. The molecule has 0 aliphatic carbocycles. The van der Waals surface area contributed by atoms with E-state index in [-0.39, 0.29) is 0 Å². The van der Waals surface area contributed by atoms with E-state index in [1.165, 1.54) is 25.9 Å². The van der Waals surface area contributed by atoms with Gasteiger partial charge >= 0.3 is 0 Å². The van der Waals surface area contributed by atoms with E-state index in [1.807, 2.05) is 0 Å². The summed E-state index contributed by atoms with van der Waals surface area (Å²) in [6, 6.07) is 14.8. The highest BCUT2D eigenvalue weighted by molar-refractivity contribution is 14.1. The Hall–Kier alpha value is -1.03. The summed E-state index contributed by atoms with van der Waals surface area (Å²) in [5, 5.41) is 3.49. The van der Waals surface area contributed by atoms with Gasteiger partial charge < -0.3 is 5.32 Å². The summed E-state index contributed by atoms with van der Waals surface area (Å²) < 4.78 is 1.26. The van der Waals surface area contributed by atoms with Crippen LogP contribution in [0.1, 0.15) is 16.7 Å². The van der Waals surface area contributed by atoms with Crippen molar-refractivity contribution in [1.82, 2.24) is 0 Å². The van der Waals surface area contributed by atoms with E-state index in [0.29, 0.717) is 0 Å². The summed E-state index contributed by atoms with van der Waals surface area (Å²) in [5.41, 5.74) is 5.30. The van der Waals surface area contributed by atoms with Gasteiger partial charge in [-0.1, -0.05) is 30.3 Å². The maximum atomic E-state index is 3.49. The van der Waals surface area contributed by atoms with Crippen molar-refractivity contribution >= 4 is 28.3 Å². The lowest BCUT2D eigenvalue weighted by Gasteiger charge is -2.11. The number of para-hydroxylation sites is 1. The summed E-state index contributed by atoms with van der Waals surface area (Å²) in [6.45, 7) is 5.22. The van der Waals surface area contributed by atoms with Gasteiger partial charge in [-0.2, -0.15) is 0 Å². The van der Waals surface area contributed by atoms with E-state index in [0.717, 1.165) is 6.54 Å². The van der Waals surface area contributed by atoms with E-state index in [2.05, 4.69) is 84.2 Å². The van der Waals surface area contributed by atoms with Crippen LogP contribution in [-0.4, -0.2) is 0 Å². The predicted molar refractivity (Wildman–Crippen MR) is 82.4 cm³/mol. The number of aryl methyl sites for hydroxylation is 1. The normalized spacial score (nSPS) is 10.3. The highest BCUT2D eigenvalue weighted by Crippen LogP contribution is 2.19. The monoisotopic (exact) mass is 337 g/mol. The van der Waals surface area contributed by atoms with Crippen molar-refractivity contribution in [3.05, 3.63) is 62.7 Å². The molecule has 0 amide bonds. The van der Waals surface area contributed by atoms with Crippen molar-refractivity contribution < 1.29 is 0 Å². The van der Waals surface area contributed by atoms with E-state index >= 15 is 0 Å². The molecule has 0 aliphatic heterocycles. The van der Waals surface area contributed by atoms with Crippen LogP contribution in [0.4, 0.5) is 5.69 Å². The first kappa shape index (κ1) is 12.4. The minimum absolute atomic E-state index is 0.882. The van der Waals surface area contributed by atoms with E-state index in [4.69, 9.17) is 0 Å². The molecule has 0 radical (unpaired) electrons. The zero-order valence-electron chi connectivity index (χ0n) is 10.1. The molecule has 0 heterocycles. The summed E-state index contributed by atoms with van der Waals surface area (Å²) in [7, 11) is 0. The van der Waals surface area contributed by atoms with Crippen LogP contribution in [0.3, 0.4) is 0 Å². The van der Waals surface area contributed by atoms with Crippen LogP contribution in [-0.2, 0) is 6.54 Å². The molecule has 0 atom stereocenters. The third kappa shape index (κ3) is 3.00. The summed E-state index contributed by atoms with van der Waals surface area (Å²) in [4.78, 5) is 0. The molecule has 2 rings (SSSR count). The molecule has 1 N–H and O–H groups in total. The molecule has 0 aliphatic rings. The Bertz CT molecular complexity index is 520. The lowest BCUT2D eigenvalue weighted by Crippen LogP contribution is -2.03. The van der Waals surface area contributed by atoms with Gasteiger partial charge in [0.05, 0.1) is 0 Å². The van der Waals surface area contributed by atoms with Crippen molar-refractivity contribution in [2.24, 2.45) is 0 Å². The van der Waals surface area contributed by atoms with Crippen LogP contribution in [0.25, 0.3) is 0 Å². The first-order chi connectivity index (χ1) is 8.18. The van der Waals surface area contributed by atoms with Crippen molar-refractivity contribution in [2.45, 2.75) is 20.4 Å². The second kappa shape index (κ2) is 5.54. The van der Waals surface area contributed by atoms with Gasteiger partial charge in [-0.15, -0.1) is 0 Å². The fourth-order valence-corrected chi connectivity index (χ4v) is 2.38. The van der Waals surface area contributed by atoms with Crippen molar-refractivity contribution in [1.29, 1.82) is 0 Å². The van der Waals surface area contributed by atoms with Crippen LogP contribution in [0, 0.1) is 17.4 Å². The second-order valence-corrected chi connectivity index (χ2v) is 5.35. The van der Waals surface area contributed by atoms with Gasteiger partial charge in [-0.05, 0) is 65.3 Å². The zero-order chi connectivity index (χ0) is 12.3. The Morgan fingerprint density at radius 2 is 1.76 bits per heavy atom. The molecule has 0 spiro atoms. The molecule has 0 bridgehead atoms. The number of anilines is 1. The van der Waals surface area contributed by atoms with Gasteiger partial charge in [0.1, 0.15) is 0 Å². The highest BCUT2D eigenvalue weighted by atomic mass is 127. The average Bonchev–Trinajstić information content (AvgIpc) is 2.33. The van der Waals surface area contributed by atoms with Crippen LogP contribution in [0.2, 0.25) is 0 Å². The van der Waals surface area contributed by atoms with Crippen LogP contribution in [0.5, 0.6) is 0 Å².